The fourth-order valence-electron chi connectivity index (χ4n) is 11.2. The summed E-state index contributed by atoms with van der Waals surface area (Å²) in [6.07, 6.45) is 1.13. The van der Waals surface area contributed by atoms with Crippen LogP contribution in [0.25, 0.3) is 33.4 Å². The van der Waals surface area contributed by atoms with Crippen molar-refractivity contribution < 1.29 is 4.74 Å². The quantitative estimate of drug-likeness (QED) is 0.128. The summed E-state index contributed by atoms with van der Waals surface area (Å²) in [6.45, 7) is 14.2. The van der Waals surface area contributed by atoms with E-state index in [0.717, 1.165) is 29.2 Å². The van der Waals surface area contributed by atoms with Crippen LogP contribution in [0.3, 0.4) is 0 Å². The summed E-state index contributed by atoms with van der Waals surface area (Å²) in [4.78, 5) is 2.47. The highest BCUT2D eigenvalue weighted by atomic mass is 16.5. The molecule has 67 heavy (non-hydrogen) atoms. The predicted octanol–water partition coefficient (Wildman–Crippen LogP) is 17.2. The number of nitrogens with zero attached hydrogens (tertiary/aromatic N) is 1. The van der Waals surface area contributed by atoms with Crippen LogP contribution in [0.15, 0.2) is 206 Å². The molecule has 0 aromatic heterocycles. The maximum atomic E-state index is 6.50. The largest absolute Gasteiger partial charge is 0.489 e. The Hall–Kier alpha value is -7.42. The summed E-state index contributed by atoms with van der Waals surface area (Å²) < 4.78 is 6.50. The third-order valence-corrected chi connectivity index (χ3v) is 14.9. The van der Waals surface area contributed by atoms with Crippen LogP contribution in [0, 0.1) is 13.8 Å². The van der Waals surface area contributed by atoms with Crippen LogP contribution < -0.4 is 9.64 Å². The molecule has 2 atom stereocenters. The Morgan fingerprint density at radius 1 is 0.463 bits per heavy atom. The van der Waals surface area contributed by atoms with Gasteiger partial charge in [0.25, 0.3) is 0 Å². The average Bonchev–Trinajstić information content (AvgIpc) is 3.78. The molecule has 0 heterocycles. The van der Waals surface area contributed by atoms with E-state index in [4.69, 9.17) is 4.74 Å². The first-order valence-corrected chi connectivity index (χ1v) is 24.0. The number of fused-ring (bicyclic) bond motifs is 6. The summed E-state index contributed by atoms with van der Waals surface area (Å²) in [6, 6.07) is 77.0. The molecule has 0 amide bonds. The fraction of sp³-hybridized carbons (Fsp3) is 0.169. The van der Waals surface area contributed by atoms with Crippen LogP contribution >= 0.6 is 0 Å². The summed E-state index contributed by atoms with van der Waals surface area (Å²) >= 11 is 0. The first-order valence-electron chi connectivity index (χ1n) is 24.0. The van der Waals surface area contributed by atoms with Gasteiger partial charge in [-0.2, -0.15) is 0 Å². The van der Waals surface area contributed by atoms with E-state index < -0.39 is 5.41 Å². The van der Waals surface area contributed by atoms with Gasteiger partial charge in [-0.05, 0) is 153 Å². The van der Waals surface area contributed by atoms with Gasteiger partial charge >= 0.3 is 0 Å². The Kier molecular flexibility index (Phi) is 10.6. The molecule has 9 aromatic carbocycles. The number of hydrogen-bond donors (Lipinski definition) is 0. The lowest BCUT2D eigenvalue weighted by atomic mass is 9.67. The molecule has 2 aliphatic carbocycles. The number of ether oxygens (including phenoxy) is 1. The van der Waals surface area contributed by atoms with Crippen molar-refractivity contribution in [1.29, 1.82) is 0 Å². The molecule has 0 bridgehead atoms. The van der Waals surface area contributed by atoms with E-state index >= 15 is 0 Å². The number of benzene rings is 9. The third kappa shape index (κ3) is 7.18. The molecule has 0 fully saturated rings. The highest BCUT2D eigenvalue weighted by Crippen LogP contribution is 2.58. The van der Waals surface area contributed by atoms with Crippen molar-refractivity contribution in [3.63, 3.8) is 0 Å². The number of aryl methyl sites for hydroxylation is 2. The predicted molar refractivity (Wildman–Crippen MR) is 280 cm³/mol. The summed E-state index contributed by atoms with van der Waals surface area (Å²) in [5.74, 6) is 1.41. The van der Waals surface area contributed by atoms with Crippen molar-refractivity contribution in [3.8, 4) is 39.1 Å². The van der Waals surface area contributed by atoms with Gasteiger partial charge in [-0.1, -0.05) is 197 Å². The van der Waals surface area contributed by atoms with Crippen molar-refractivity contribution in [3.05, 3.63) is 262 Å². The SMILES string of the molecule is CCC(C)c1ccc(COc2ccc(C3(c4cc(C)cc(C)c4)c4ccccc4-c4ccc(N(c5ccc(-c6ccccc6)cc5)c5ccc6c(c5)C(C)(C)c5ccccc5-6)cc43)cc2)cc1. The second kappa shape index (κ2) is 16.8. The highest BCUT2D eigenvalue weighted by molar-refractivity contribution is 5.91. The zero-order chi connectivity index (χ0) is 45.9. The van der Waals surface area contributed by atoms with Gasteiger partial charge in [-0.15, -0.1) is 0 Å². The molecule has 0 aliphatic heterocycles. The molecular weight excluding hydrogens is 811 g/mol. The normalized spacial score (nSPS) is 15.6. The van der Waals surface area contributed by atoms with Crippen molar-refractivity contribution in [2.24, 2.45) is 0 Å². The van der Waals surface area contributed by atoms with Gasteiger partial charge in [-0.25, -0.2) is 0 Å². The van der Waals surface area contributed by atoms with E-state index in [1.165, 1.54) is 89.0 Å². The molecular formula is C65H57NO. The van der Waals surface area contributed by atoms with Crippen molar-refractivity contribution >= 4 is 17.1 Å². The molecule has 11 rings (SSSR count). The first-order chi connectivity index (χ1) is 32.6. The van der Waals surface area contributed by atoms with E-state index in [0.29, 0.717) is 12.5 Å². The molecule has 2 nitrogen and oxygen atoms in total. The Balaban J connectivity index is 1.07. The number of anilines is 3. The molecule has 9 aromatic rings. The van der Waals surface area contributed by atoms with Gasteiger partial charge in [0.1, 0.15) is 12.4 Å². The average molecular weight is 868 g/mol. The minimum absolute atomic E-state index is 0.142. The Morgan fingerprint density at radius 2 is 1.00 bits per heavy atom. The molecule has 0 radical (unpaired) electrons. The topological polar surface area (TPSA) is 12.5 Å². The number of rotatable bonds is 11. The van der Waals surface area contributed by atoms with Gasteiger partial charge < -0.3 is 9.64 Å². The molecule has 0 spiro atoms. The van der Waals surface area contributed by atoms with Gasteiger partial charge in [0.15, 0.2) is 0 Å². The lowest BCUT2D eigenvalue weighted by Gasteiger charge is -2.35. The second-order valence-corrected chi connectivity index (χ2v) is 19.4. The standard InChI is InChI=1S/C65H57NO/c1-7-45(4)47-23-21-46(22-24-47)42-67-55-33-27-50(28-34-55)65(51-38-43(2)37-44(3)39-51)61-20-14-12-18-57(61)59-36-32-54(41-63(59)65)66(52-29-25-49(26-30-52)48-15-9-8-10-16-48)53-31-35-58-56-17-11-13-19-60(56)64(5,6)62(58)40-53/h8-41,45H,7,42H2,1-6H3. The van der Waals surface area contributed by atoms with E-state index in [9.17, 15) is 0 Å². The smallest absolute Gasteiger partial charge is 0.119 e. The van der Waals surface area contributed by atoms with Crippen LogP contribution in [-0.4, -0.2) is 0 Å². The van der Waals surface area contributed by atoms with Gasteiger partial charge in [0.05, 0.1) is 5.41 Å². The Bertz CT molecular complexity index is 3250. The van der Waals surface area contributed by atoms with E-state index in [1.54, 1.807) is 0 Å². The van der Waals surface area contributed by atoms with Crippen LogP contribution in [0.4, 0.5) is 17.1 Å². The van der Waals surface area contributed by atoms with Crippen LogP contribution in [0.5, 0.6) is 5.75 Å². The van der Waals surface area contributed by atoms with Gasteiger partial charge in [0, 0.05) is 22.5 Å². The molecule has 0 saturated heterocycles. The minimum atomic E-state index is -0.604. The fourth-order valence-corrected chi connectivity index (χ4v) is 11.2. The first kappa shape index (κ1) is 42.2. The summed E-state index contributed by atoms with van der Waals surface area (Å²) in [5, 5.41) is 0. The third-order valence-electron chi connectivity index (χ3n) is 14.9. The molecule has 328 valence electrons. The number of hydrogen-bond acceptors (Lipinski definition) is 2. The Morgan fingerprint density at radius 3 is 1.66 bits per heavy atom. The van der Waals surface area contributed by atoms with E-state index in [-0.39, 0.29) is 5.41 Å². The van der Waals surface area contributed by atoms with Crippen LogP contribution in [-0.2, 0) is 17.4 Å². The molecule has 0 N–H and O–H groups in total. The van der Waals surface area contributed by atoms with Crippen molar-refractivity contribution in [2.45, 2.75) is 71.3 Å². The van der Waals surface area contributed by atoms with Crippen molar-refractivity contribution in [2.75, 3.05) is 4.90 Å². The van der Waals surface area contributed by atoms with Gasteiger partial charge in [0.2, 0.25) is 0 Å². The van der Waals surface area contributed by atoms with E-state index in [2.05, 4.69) is 253 Å². The minimum Gasteiger partial charge on any atom is -0.489 e. The Labute approximate surface area is 397 Å². The zero-order valence-electron chi connectivity index (χ0n) is 39.5. The summed E-state index contributed by atoms with van der Waals surface area (Å²) in [7, 11) is 0. The van der Waals surface area contributed by atoms with Crippen molar-refractivity contribution in [1.82, 2.24) is 0 Å². The lowest BCUT2D eigenvalue weighted by Crippen LogP contribution is -2.29. The maximum absolute atomic E-state index is 6.50. The molecule has 2 heteroatoms. The van der Waals surface area contributed by atoms with Crippen LogP contribution in [0.2, 0.25) is 0 Å². The molecule has 2 unspecified atom stereocenters. The lowest BCUT2D eigenvalue weighted by molar-refractivity contribution is 0.306. The monoisotopic (exact) mass is 867 g/mol. The van der Waals surface area contributed by atoms with Gasteiger partial charge in [-0.3, -0.25) is 0 Å². The summed E-state index contributed by atoms with van der Waals surface area (Å²) in [5.41, 5.74) is 23.0. The highest BCUT2D eigenvalue weighted by Gasteiger charge is 2.47. The van der Waals surface area contributed by atoms with Crippen LogP contribution in [0.1, 0.15) is 95.7 Å². The molecule has 2 aliphatic rings. The maximum Gasteiger partial charge on any atom is 0.119 e. The second-order valence-electron chi connectivity index (χ2n) is 19.4. The zero-order valence-corrected chi connectivity index (χ0v) is 39.5. The van der Waals surface area contributed by atoms with E-state index in [1.807, 2.05) is 0 Å². The molecule has 0 saturated carbocycles.